The summed E-state index contributed by atoms with van der Waals surface area (Å²) < 4.78 is 32.7. The SMILES string of the molecule is C=CCNC(=O)c1ccc(Cl)c(S(=O)(=O)NC[C@@H]2CCCO2)c1. The molecule has 1 aromatic rings. The largest absolute Gasteiger partial charge is 0.377 e. The van der Waals surface area contributed by atoms with Crippen molar-refractivity contribution in [3.63, 3.8) is 0 Å². The molecular weight excluding hydrogens is 340 g/mol. The zero-order valence-corrected chi connectivity index (χ0v) is 14.1. The van der Waals surface area contributed by atoms with Crippen LogP contribution in [0.1, 0.15) is 23.2 Å². The molecule has 0 aromatic heterocycles. The van der Waals surface area contributed by atoms with Gasteiger partial charge in [-0.05, 0) is 31.0 Å². The van der Waals surface area contributed by atoms with E-state index in [0.717, 1.165) is 12.8 Å². The molecule has 1 aliphatic heterocycles. The quantitative estimate of drug-likeness (QED) is 0.727. The molecular formula is C15H19ClN2O4S. The fourth-order valence-corrected chi connectivity index (χ4v) is 3.79. The number of hydrogen-bond donors (Lipinski definition) is 2. The van der Waals surface area contributed by atoms with Gasteiger partial charge in [0.15, 0.2) is 0 Å². The number of halogens is 1. The first-order chi connectivity index (χ1) is 10.9. The van der Waals surface area contributed by atoms with Crippen molar-refractivity contribution in [1.82, 2.24) is 10.0 Å². The van der Waals surface area contributed by atoms with Crippen LogP contribution in [0.5, 0.6) is 0 Å². The number of sulfonamides is 1. The second-order valence-electron chi connectivity index (χ2n) is 5.13. The molecule has 0 spiro atoms. The molecule has 0 aliphatic carbocycles. The third-order valence-electron chi connectivity index (χ3n) is 3.41. The van der Waals surface area contributed by atoms with Gasteiger partial charge in [-0.15, -0.1) is 6.58 Å². The summed E-state index contributed by atoms with van der Waals surface area (Å²) in [5.74, 6) is -0.392. The van der Waals surface area contributed by atoms with Gasteiger partial charge in [0.05, 0.1) is 11.1 Å². The standard InChI is InChI=1S/C15H19ClN2O4S/c1-2-7-17-15(19)11-5-6-13(16)14(9-11)23(20,21)18-10-12-4-3-8-22-12/h2,5-6,9,12,18H,1,3-4,7-8,10H2,(H,17,19)/t12-/m0/s1. The molecule has 1 amide bonds. The molecule has 6 nitrogen and oxygen atoms in total. The van der Waals surface area contributed by atoms with Crippen molar-refractivity contribution >= 4 is 27.5 Å². The normalized spacial score (nSPS) is 17.9. The van der Waals surface area contributed by atoms with Crippen LogP contribution in [0, 0.1) is 0 Å². The van der Waals surface area contributed by atoms with Gasteiger partial charge in [-0.2, -0.15) is 0 Å². The van der Waals surface area contributed by atoms with Crippen molar-refractivity contribution in [2.24, 2.45) is 0 Å². The molecule has 23 heavy (non-hydrogen) atoms. The fourth-order valence-electron chi connectivity index (χ4n) is 2.20. The maximum absolute atomic E-state index is 12.4. The van der Waals surface area contributed by atoms with E-state index in [0.29, 0.717) is 13.2 Å². The van der Waals surface area contributed by atoms with Gasteiger partial charge >= 0.3 is 0 Å². The van der Waals surface area contributed by atoms with E-state index in [2.05, 4.69) is 16.6 Å². The van der Waals surface area contributed by atoms with Gasteiger partial charge in [0.1, 0.15) is 4.90 Å². The predicted molar refractivity (Wildman–Crippen MR) is 88.1 cm³/mol. The van der Waals surface area contributed by atoms with E-state index in [4.69, 9.17) is 16.3 Å². The van der Waals surface area contributed by atoms with Gasteiger partial charge in [-0.1, -0.05) is 17.7 Å². The van der Waals surface area contributed by atoms with Gasteiger partial charge < -0.3 is 10.1 Å². The Bertz CT molecular complexity index is 685. The summed E-state index contributed by atoms with van der Waals surface area (Å²) in [6.45, 7) is 4.63. The first-order valence-electron chi connectivity index (χ1n) is 7.24. The van der Waals surface area contributed by atoms with Crippen LogP contribution in [0.15, 0.2) is 35.7 Å². The Kier molecular flexibility index (Phi) is 6.17. The molecule has 1 fully saturated rings. The van der Waals surface area contributed by atoms with Crippen LogP contribution in [0.25, 0.3) is 0 Å². The maximum atomic E-state index is 12.4. The first-order valence-corrected chi connectivity index (χ1v) is 9.10. The molecule has 1 heterocycles. The summed E-state index contributed by atoms with van der Waals surface area (Å²) in [7, 11) is -3.82. The topological polar surface area (TPSA) is 84.5 Å². The maximum Gasteiger partial charge on any atom is 0.251 e. The number of amides is 1. The van der Waals surface area contributed by atoms with E-state index in [-0.39, 0.29) is 28.1 Å². The van der Waals surface area contributed by atoms with Crippen LogP contribution in [0.2, 0.25) is 5.02 Å². The zero-order chi connectivity index (χ0) is 16.9. The average Bonchev–Trinajstić information content (AvgIpc) is 3.04. The number of benzene rings is 1. The average molecular weight is 359 g/mol. The third-order valence-corrected chi connectivity index (χ3v) is 5.32. The van der Waals surface area contributed by atoms with Crippen LogP contribution in [0.3, 0.4) is 0 Å². The Hall–Kier alpha value is -1.41. The van der Waals surface area contributed by atoms with E-state index in [1.807, 2.05) is 0 Å². The smallest absolute Gasteiger partial charge is 0.251 e. The summed E-state index contributed by atoms with van der Waals surface area (Å²) in [5, 5.41) is 2.65. The Labute approximate surface area is 140 Å². The molecule has 1 atom stereocenters. The predicted octanol–water partition coefficient (Wildman–Crippen LogP) is 1.71. The molecule has 2 rings (SSSR count). The fraction of sp³-hybridized carbons (Fsp3) is 0.400. The van der Waals surface area contributed by atoms with E-state index in [9.17, 15) is 13.2 Å². The van der Waals surface area contributed by atoms with Crippen molar-refractivity contribution < 1.29 is 17.9 Å². The van der Waals surface area contributed by atoms with Crippen molar-refractivity contribution in [3.8, 4) is 0 Å². The number of carbonyl (C=O) groups excluding carboxylic acids is 1. The Balaban J connectivity index is 2.15. The third kappa shape index (κ3) is 4.78. The van der Waals surface area contributed by atoms with Gasteiger partial charge in [0.25, 0.3) is 5.91 Å². The molecule has 0 radical (unpaired) electrons. The molecule has 8 heteroatoms. The number of hydrogen-bond acceptors (Lipinski definition) is 4. The number of carbonyl (C=O) groups is 1. The molecule has 126 valence electrons. The van der Waals surface area contributed by atoms with E-state index in [1.54, 1.807) is 0 Å². The summed E-state index contributed by atoms with van der Waals surface area (Å²) in [6, 6.07) is 4.13. The van der Waals surface area contributed by atoms with Gasteiger partial charge in [-0.3, -0.25) is 4.79 Å². The van der Waals surface area contributed by atoms with Gasteiger partial charge in [-0.25, -0.2) is 13.1 Å². The lowest BCUT2D eigenvalue weighted by molar-refractivity contribution is 0.0957. The molecule has 1 saturated heterocycles. The van der Waals surface area contributed by atoms with E-state index < -0.39 is 15.9 Å². The number of rotatable bonds is 7. The number of ether oxygens (including phenoxy) is 1. The van der Waals surface area contributed by atoms with Crippen LogP contribution in [0.4, 0.5) is 0 Å². The molecule has 0 bridgehead atoms. The summed E-state index contributed by atoms with van der Waals surface area (Å²) in [5.41, 5.74) is 0.216. The van der Waals surface area contributed by atoms with E-state index >= 15 is 0 Å². The molecule has 1 aliphatic rings. The van der Waals surface area contributed by atoms with Gasteiger partial charge in [0.2, 0.25) is 10.0 Å². The summed E-state index contributed by atoms with van der Waals surface area (Å²) in [6.07, 6.45) is 3.16. The monoisotopic (exact) mass is 358 g/mol. The highest BCUT2D eigenvalue weighted by Crippen LogP contribution is 2.23. The molecule has 0 unspecified atom stereocenters. The van der Waals surface area contributed by atoms with Crippen LogP contribution in [-0.4, -0.2) is 40.1 Å². The second kappa shape index (κ2) is 7.92. The molecule has 2 N–H and O–H groups in total. The minimum Gasteiger partial charge on any atom is -0.377 e. The highest BCUT2D eigenvalue weighted by atomic mass is 35.5. The zero-order valence-electron chi connectivity index (χ0n) is 12.5. The Morgan fingerprint density at radius 3 is 2.91 bits per heavy atom. The Morgan fingerprint density at radius 2 is 2.26 bits per heavy atom. The molecule has 1 aromatic carbocycles. The minimum atomic E-state index is -3.82. The van der Waals surface area contributed by atoms with Crippen LogP contribution < -0.4 is 10.0 Å². The van der Waals surface area contributed by atoms with Crippen molar-refractivity contribution in [3.05, 3.63) is 41.4 Å². The minimum absolute atomic E-state index is 0.0603. The van der Waals surface area contributed by atoms with Crippen molar-refractivity contribution in [1.29, 1.82) is 0 Å². The Morgan fingerprint density at radius 1 is 1.48 bits per heavy atom. The number of nitrogens with one attached hydrogen (secondary N) is 2. The highest BCUT2D eigenvalue weighted by molar-refractivity contribution is 7.89. The lowest BCUT2D eigenvalue weighted by Gasteiger charge is -2.13. The van der Waals surface area contributed by atoms with Crippen molar-refractivity contribution in [2.75, 3.05) is 19.7 Å². The highest BCUT2D eigenvalue weighted by Gasteiger charge is 2.23. The van der Waals surface area contributed by atoms with Gasteiger partial charge in [0, 0.05) is 25.3 Å². The lowest BCUT2D eigenvalue weighted by atomic mass is 10.2. The van der Waals surface area contributed by atoms with Crippen LogP contribution >= 0.6 is 11.6 Å². The van der Waals surface area contributed by atoms with Crippen LogP contribution in [-0.2, 0) is 14.8 Å². The lowest BCUT2D eigenvalue weighted by Crippen LogP contribution is -2.32. The molecule has 0 saturated carbocycles. The second-order valence-corrected chi connectivity index (χ2v) is 7.27. The van der Waals surface area contributed by atoms with E-state index in [1.165, 1.54) is 24.3 Å². The van der Waals surface area contributed by atoms with Crippen molar-refractivity contribution in [2.45, 2.75) is 23.8 Å². The summed E-state index contributed by atoms with van der Waals surface area (Å²) in [4.78, 5) is 11.8. The first kappa shape index (κ1) is 17.9. The summed E-state index contributed by atoms with van der Waals surface area (Å²) >= 11 is 5.99.